The van der Waals surface area contributed by atoms with Gasteiger partial charge in [0, 0.05) is 57.0 Å². The zero-order chi connectivity index (χ0) is 46.9. The fourth-order valence-electron chi connectivity index (χ4n) is 8.01. The molecule has 0 radical (unpaired) electrons. The highest BCUT2D eigenvalue weighted by Crippen LogP contribution is 2.47. The molecular formula is C53H31N3S2. The van der Waals surface area contributed by atoms with Crippen molar-refractivity contribution < 1.29 is 13.7 Å². The summed E-state index contributed by atoms with van der Waals surface area (Å²) in [5.41, 5.74) is 3.66. The molecule has 270 valence electrons. The van der Waals surface area contributed by atoms with Gasteiger partial charge >= 0.3 is 0 Å². The average molecular weight is 784 g/mol. The molecule has 0 aliphatic heterocycles. The standard InChI is InChI=1S/C53H31N3S2/c1-4-14-32(15-5-1)35-24-26-41-45(30-35)57-49-39-22-12-10-20-37(39)28-43(47(41)49)52-54-51(34-18-8-3-9-19-34)55-53(56-52)44-29-38-21-11-13-23-40(38)50-48(44)42-27-25-36(31-46(42)58-50)33-16-6-2-7-17-33/h1-31H/i1D,2D,4D,5D,6D,7D,14D,15D,16D,17D. The molecule has 5 heteroatoms. The molecule has 12 aromatic rings. The third-order valence-electron chi connectivity index (χ3n) is 10.7. The van der Waals surface area contributed by atoms with Gasteiger partial charge in [0.15, 0.2) is 17.5 Å². The Kier molecular flexibility index (Phi) is 5.62. The number of aromatic nitrogens is 3. The van der Waals surface area contributed by atoms with E-state index in [2.05, 4.69) is 36.4 Å². The van der Waals surface area contributed by atoms with Gasteiger partial charge in [-0.1, -0.05) is 164 Å². The van der Waals surface area contributed by atoms with Gasteiger partial charge in [-0.05, 0) is 68.1 Å². The van der Waals surface area contributed by atoms with Crippen LogP contribution in [0, 0.1) is 0 Å². The summed E-state index contributed by atoms with van der Waals surface area (Å²) in [7, 11) is 0. The van der Waals surface area contributed by atoms with Crippen molar-refractivity contribution in [3.05, 3.63) is 188 Å². The maximum Gasteiger partial charge on any atom is 0.164 e. The lowest BCUT2D eigenvalue weighted by Gasteiger charge is -2.13. The average Bonchev–Trinajstić information content (AvgIpc) is 3.95. The Morgan fingerprint density at radius 2 is 0.810 bits per heavy atom. The van der Waals surface area contributed by atoms with Gasteiger partial charge < -0.3 is 0 Å². The fraction of sp³-hybridized carbons (Fsp3) is 0. The van der Waals surface area contributed by atoms with E-state index in [0.29, 0.717) is 28.6 Å². The minimum Gasteiger partial charge on any atom is -0.208 e. The molecule has 12 rings (SSSR count). The van der Waals surface area contributed by atoms with E-state index < -0.39 is 12.1 Å². The van der Waals surface area contributed by atoms with Crippen LogP contribution >= 0.6 is 22.7 Å². The van der Waals surface area contributed by atoms with Crippen LogP contribution in [-0.4, -0.2) is 15.0 Å². The Hall–Kier alpha value is -7.05. The molecular weight excluding hydrogens is 743 g/mol. The number of hydrogen-bond donors (Lipinski definition) is 0. The first-order valence-electron chi connectivity index (χ1n) is 23.6. The number of hydrogen-bond acceptors (Lipinski definition) is 5. The minimum absolute atomic E-state index is 0.142. The van der Waals surface area contributed by atoms with Crippen molar-refractivity contribution in [2.75, 3.05) is 0 Å². The van der Waals surface area contributed by atoms with E-state index in [0.717, 1.165) is 78.6 Å². The summed E-state index contributed by atoms with van der Waals surface area (Å²) >= 11 is 3.13. The summed E-state index contributed by atoms with van der Waals surface area (Å²) in [6.07, 6.45) is 0. The maximum atomic E-state index is 8.71. The zero-order valence-corrected chi connectivity index (χ0v) is 31.9. The number of nitrogens with zero attached hydrogens (tertiary/aromatic N) is 3. The van der Waals surface area contributed by atoms with Crippen molar-refractivity contribution in [2.45, 2.75) is 0 Å². The Morgan fingerprint density at radius 3 is 1.31 bits per heavy atom. The Bertz CT molecular complexity index is 3870. The summed E-state index contributed by atoms with van der Waals surface area (Å²) < 4.78 is 88.2. The minimum atomic E-state index is -0.438. The molecule has 0 amide bonds. The van der Waals surface area contributed by atoms with E-state index in [4.69, 9.17) is 28.7 Å². The van der Waals surface area contributed by atoms with Gasteiger partial charge in [-0.25, -0.2) is 15.0 Å². The summed E-state index contributed by atoms with van der Waals surface area (Å²) in [6.45, 7) is 0. The molecule has 0 spiro atoms. The molecule has 0 N–H and O–H groups in total. The fourth-order valence-corrected chi connectivity index (χ4v) is 10.6. The van der Waals surface area contributed by atoms with Gasteiger partial charge in [0.1, 0.15) is 0 Å². The van der Waals surface area contributed by atoms with Crippen LogP contribution in [0.25, 0.3) is 118 Å². The summed E-state index contributed by atoms with van der Waals surface area (Å²) in [5, 5.41) is 7.63. The lowest BCUT2D eigenvalue weighted by atomic mass is 9.97. The second-order valence-corrected chi connectivity index (χ2v) is 16.1. The van der Waals surface area contributed by atoms with E-state index in [1.165, 1.54) is 0 Å². The number of rotatable bonds is 5. The lowest BCUT2D eigenvalue weighted by molar-refractivity contribution is 1.08. The van der Waals surface area contributed by atoms with Crippen molar-refractivity contribution >= 4 is 84.6 Å². The molecule has 3 nitrogen and oxygen atoms in total. The summed E-state index contributed by atoms with van der Waals surface area (Å²) in [4.78, 5) is 15.8. The van der Waals surface area contributed by atoms with E-state index in [1.807, 2.05) is 91.0 Å². The van der Waals surface area contributed by atoms with E-state index in [-0.39, 0.29) is 59.5 Å². The van der Waals surface area contributed by atoms with Gasteiger partial charge in [0.25, 0.3) is 0 Å². The zero-order valence-electron chi connectivity index (χ0n) is 40.3. The molecule has 0 saturated carbocycles. The molecule has 58 heavy (non-hydrogen) atoms. The van der Waals surface area contributed by atoms with Crippen LogP contribution in [0.5, 0.6) is 0 Å². The second kappa shape index (κ2) is 13.3. The second-order valence-electron chi connectivity index (χ2n) is 14.0. The highest BCUT2D eigenvalue weighted by Gasteiger charge is 2.22. The predicted molar refractivity (Wildman–Crippen MR) is 248 cm³/mol. The van der Waals surface area contributed by atoms with E-state index in [1.54, 1.807) is 22.7 Å². The molecule has 0 saturated heterocycles. The predicted octanol–water partition coefficient (Wildman–Crippen LogP) is 15.2. The summed E-state index contributed by atoms with van der Waals surface area (Å²) in [6, 6.07) is 38.1. The van der Waals surface area contributed by atoms with E-state index in [9.17, 15) is 0 Å². The molecule has 0 aliphatic carbocycles. The number of fused-ring (bicyclic) bond motifs is 10. The lowest BCUT2D eigenvalue weighted by Crippen LogP contribution is -2.01. The van der Waals surface area contributed by atoms with Crippen LogP contribution in [0.3, 0.4) is 0 Å². The molecule has 3 heterocycles. The molecule has 0 aliphatic rings. The van der Waals surface area contributed by atoms with Crippen LogP contribution in [0.4, 0.5) is 0 Å². The first kappa shape index (κ1) is 24.6. The topological polar surface area (TPSA) is 38.7 Å². The normalized spacial score (nSPS) is 14.2. The molecule has 3 aromatic heterocycles. The SMILES string of the molecule is [2H]c1c([2H])c([2H])c(-c2ccc3c(c2)sc2c4ccccc4cc(-c4nc(-c5ccccc5)nc(-c5cc6ccccc6c6sc7cc(-c8c([2H])c([2H])c([2H])c([2H])c8[2H])ccc7c56)n4)c32)c([2H])c1[2H]. The number of benzene rings is 9. The number of thiophene rings is 2. The van der Waals surface area contributed by atoms with Crippen LogP contribution in [0.15, 0.2) is 188 Å². The van der Waals surface area contributed by atoms with Crippen LogP contribution in [0.1, 0.15) is 13.7 Å². The largest absolute Gasteiger partial charge is 0.208 e. The first-order valence-corrected chi connectivity index (χ1v) is 20.2. The quantitative estimate of drug-likeness (QED) is 0.174. The van der Waals surface area contributed by atoms with Crippen LogP contribution < -0.4 is 0 Å². The highest BCUT2D eigenvalue weighted by molar-refractivity contribution is 7.27. The third kappa shape index (κ3) is 5.36. The van der Waals surface area contributed by atoms with E-state index >= 15 is 0 Å². The Labute approximate surface area is 356 Å². The van der Waals surface area contributed by atoms with Crippen molar-refractivity contribution in [3.63, 3.8) is 0 Å². The van der Waals surface area contributed by atoms with Gasteiger partial charge in [0.05, 0.1) is 13.7 Å². The van der Waals surface area contributed by atoms with Gasteiger partial charge in [-0.3, -0.25) is 0 Å². The monoisotopic (exact) mass is 783 g/mol. The molecule has 0 bridgehead atoms. The smallest absolute Gasteiger partial charge is 0.164 e. The van der Waals surface area contributed by atoms with Crippen molar-refractivity contribution in [1.29, 1.82) is 0 Å². The van der Waals surface area contributed by atoms with Crippen molar-refractivity contribution in [1.82, 2.24) is 15.0 Å². The third-order valence-corrected chi connectivity index (χ3v) is 13.0. The Balaban J connectivity index is 1.13. The summed E-state index contributed by atoms with van der Waals surface area (Å²) in [5.74, 6) is 1.37. The van der Waals surface area contributed by atoms with Crippen LogP contribution in [0.2, 0.25) is 0 Å². The van der Waals surface area contributed by atoms with Crippen LogP contribution in [-0.2, 0) is 0 Å². The van der Waals surface area contributed by atoms with Gasteiger partial charge in [0.2, 0.25) is 0 Å². The maximum absolute atomic E-state index is 8.71. The Morgan fingerprint density at radius 1 is 0.362 bits per heavy atom. The van der Waals surface area contributed by atoms with Crippen molar-refractivity contribution in [3.8, 4) is 56.4 Å². The first-order chi connectivity index (χ1) is 32.9. The van der Waals surface area contributed by atoms with Gasteiger partial charge in [-0.15, -0.1) is 22.7 Å². The molecule has 0 fully saturated rings. The molecule has 0 atom stereocenters. The van der Waals surface area contributed by atoms with Crippen molar-refractivity contribution in [2.24, 2.45) is 0 Å². The van der Waals surface area contributed by atoms with Gasteiger partial charge in [-0.2, -0.15) is 0 Å². The molecule has 0 unspecified atom stereocenters. The highest BCUT2D eigenvalue weighted by atomic mass is 32.1. The molecule has 9 aromatic carbocycles.